The van der Waals surface area contributed by atoms with Crippen molar-refractivity contribution in [2.24, 2.45) is 14.1 Å². The number of aryl methyl sites for hydroxylation is 2. The van der Waals surface area contributed by atoms with Crippen molar-refractivity contribution in [3.8, 4) is 0 Å². The molecule has 0 fully saturated rings. The predicted octanol–water partition coefficient (Wildman–Crippen LogP) is 3.96. The third kappa shape index (κ3) is 3.93. The smallest absolute Gasteiger partial charge is 0.322 e. The summed E-state index contributed by atoms with van der Waals surface area (Å²) >= 11 is 0. The van der Waals surface area contributed by atoms with E-state index >= 15 is 0 Å². The Balaban J connectivity index is 1.74. The molecule has 0 spiro atoms. The number of hydrogen-bond donors (Lipinski definition) is 1. The lowest BCUT2D eigenvalue weighted by Gasteiger charge is -2.10. The number of nitro benzene ring substituents is 1. The summed E-state index contributed by atoms with van der Waals surface area (Å²) in [5, 5.41) is 14.0. The van der Waals surface area contributed by atoms with Crippen molar-refractivity contribution in [1.29, 1.82) is 0 Å². The number of nitro groups is 1. The zero-order valence-corrected chi connectivity index (χ0v) is 17.5. The lowest BCUT2D eigenvalue weighted by Crippen LogP contribution is -2.19. The molecule has 0 atom stereocenters. The van der Waals surface area contributed by atoms with Gasteiger partial charge in [0.05, 0.1) is 16.0 Å². The van der Waals surface area contributed by atoms with Crippen molar-refractivity contribution in [2.75, 3.05) is 5.32 Å². The number of nitrogens with zero attached hydrogens (tertiary/aromatic N) is 3. The van der Waals surface area contributed by atoms with Gasteiger partial charge in [-0.2, -0.15) is 0 Å². The molecule has 4 rings (SSSR count). The molecular formula is C24H20N4O4. The molecule has 160 valence electrons. The van der Waals surface area contributed by atoms with Gasteiger partial charge in [-0.15, -0.1) is 0 Å². The molecule has 0 aliphatic heterocycles. The molecule has 0 bridgehead atoms. The highest BCUT2D eigenvalue weighted by Crippen LogP contribution is 2.24. The largest absolute Gasteiger partial charge is 0.328 e. The average molecular weight is 428 g/mol. The van der Waals surface area contributed by atoms with Crippen molar-refractivity contribution in [3.05, 3.63) is 105 Å². The van der Waals surface area contributed by atoms with Gasteiger partial charge in [0.25, 0.3) is 11.6 Å². The third-order valence-electron chi connectivity index (χ3n) is 5.25. The second-order valence-corrected chi connectivity index (χ2v) is 7.33. The van der Waals surface area contributed by atoms with Gasteiger partial charge in [0.1, 0.15) is 0 Å². The Morgan fingerprint density at radius 1 is 0.938 bits per heavy atom. The molecule has 1 N–H and O–H groups in total. The summed E-state index contributed by atoms with van der Waals surface area (Å²) in [5.41, 5.74) is 3.34. The van der Waals surface area contributed by atoms with Crippen LogP contribution in [0.2, 0.25) is 0 Å². The van der Waals surface area contributed by atoms with Crippen molar-refractivity contribution in [1.82, 2.24) is 9.13 Å². The monoisotopic (exact) mass is 428 g/mol. The Morgan fingerprint density at radius 3 is 2.38 bits per heavy atom. The summed E-state index contributed by atoms with van der Waals surface area (Å²) in [7, 11) is 3.37. The first-order chi connectivity index (χ1) is 15.3. The lowest BCUT2D eigenvalue weighted by molar-refractivity contribution is -0.384. The highest BCUT2D eigenvalue weighted by Gasteiger charge is 2.15. The van der Waals surface area contributed by atoms with Gasteiger partial charge < -0.3 is 5.32 Å². The number of amides is 1. The number of fused-ring (bicyclic) bond motifs is 1. The molecule has 4 aromatic rings. The van der Waals surface area contributed by atoms with Crippen molar-refractivity contribution in [2.45, 2.75) is 0 Å². The average Bonchev–Trinajstić information content (AvgIpc) is 3.01. The Labute approximate surface area is 183 Å². The molecule has 0 aliphatic carbocycles. The van der Waals surface area contributed by atoms with E-state index in [9.17, 15) is 19.7 Å². The topological polar surface area (TPSA) is 99.2 Å². The number of carbonyl (C=O) groups is 1. The first-order valence-corrected chi connectivity index (χ1v) is 9.83. The van der Waals surface area contributed by atoms with Gasteiger partial charge >= 0.3 is 5.69 Å². The highest BCUT2D eigenvalue weighted by molar-refractivity contribution is 6.29. The first-order valence-electron chi connectivity index (χ1n) is 9.83. The molecule has 32 heavy (non-hydrogen) atoms. The number of non-ortho nitro benzene ring substituents is 1. The zero-order chi connectivity index (χ0) is 22.8. The van der Waals surface area contributed by atoms with E-state index in [1.165, 1.54) is 16.7 Å². The standard InChI is InChI=1S/C24H20N4O4/c1-26-21-12-11-18(15-22(21)27(2)24(26)30)25-23(29)20(17-8-4-3-5-9-17)14-16-7-6-10-19(13-16)28(31)32/h3-15H,1-2H3,(H,25,29)/b20-14+. The van der Waals surface area contributed by atoms with E-state index in [0.29, 0.717) is 27.9 Å². The van der Waals surface area contributed by atoms with Crippen molar-refractivity contribution in [3.63, 3.8) is 0 Å². The van der Waals surface area contributed by atoms with E-state index in [-0.39, 0.29) is 17.3 Å². The number of nitrogens with one attached hydrogen (secondary N) is 1. The first kappa shape index (κ1) is 20.8. The van der Waals surface area contributed by atoms with E-state index in [1.807, 2.05) is 18.2 Å². The molecule has 3 aromatic carbocycles. The summed E-state index contributed by atoms with van der Waals surface area (Å²) in [6, 6.07) is 20.4. The number of hydrogen-bond acceptors (Lipinski definition) is 4. The van der Waals surface area contributed by atoms with E-state index in [2.05, 4.69) is 5.32 Å². The number of carbonyl (C=O) groups excluding carboxylic acids is 1. The fourth-order valence-electron chi connectivity index (χ4n) is 3.58. The molecular weight excluding hydrogens is 408 g/mol. The van der Waals surface area contributed by atoms with Crippen LogP contribution < -0.4 is 11.0 Å². The Kier molecular flexibility index (Phi) is 5.43. The van der Waals surface area contributed by atoms with Gasteiger partial charge in [-0.3, -0.25) is 24.0 Å². The SMILES string of the molecule is Cn1c(=O)n(C)c2cc(NC(=O)/C(=C/c3cccc([N+](=O)[O-])c3)c3ccccc3)ccc21. The summed E-state index contributed by atoms with van der Waals surface area (Å²) in [6.45, 7) is 0. The van der Waals surface area contributed by atoms with E-state index in [0.717, 1.165) is 5.52 Å². The third-order valence-corrected chi connectivity index (χ3v) is 5.25. The zero-order valence-electron chi connectivity index (χ0n) is 17.5. The summed E-state index contributed by atoms with van der Waals surface area (Å²) < 4.78 is 3.06. The Hall–Kier alpha value is -4.46. The van der Waals surface area contributed by atoms with Crippen LogP contribution in [0, 0.1) is 10.1 Å². The fraction of sp³-hybridized carbons (Fsp3) is 0.0833. The quantitative estimate of drug-likeness (QED) is 0.225. The van der Waals surface area contributed by atoms with Gasteiger partial charge in [0, 0.05) is 37.5 Å². The van der Waals surface area contributed by atoms with Gasteiger partial charge in [-0.05, 0) is 35.4 Å². The maximum atomic E-state index is 13.2. The molecule has 0 unspecified atom stereocenters. The second-order valence-electron chi connectivity index (χ2n) is 7.33. The minimum Gasteiger partial charge on any atom is -0.322 e. The maximum absolute atomic E-state index is 13.2. The molecule has 8 heteroatoms. The summed E-state index contributed by atoms with van der Waals surface area (Å²) in [4.78, 5) is 36.1. The maximum Gasteiger partial charge on any atom is 0.328 e. The number of anilines is 1. The van der Waals surface area contributed by atoms with Gasteiger partial charge in [-0.25, -0.2) is 4.79 Å². The molecule has 0 radical (unpaired) electrons. The fourth-order valence-corrected chi connectivity index (χ4v) is 3.58. The van der Waals surface area contributed by atoms with Gasteiger partial charge in [0.2, 0.25) is 0 Å². The van der Waals surface area contributed by atoms with Crippen molar-refractivity contribution < 1.29 is 9.72 Å². The minimum atomic E-state index is -0.473. The van der Waals surface area contributed by atoms with E-state index in [4.69, 9.17) is 0 Å². The molecule has 0 aliphatic rings. The van der Waals surface area contributed by atoms with Crippen LogP contribution in [0.3, 0.4) is 0 Å². The minimum absolute atomic E-state index is 0.0537. The van der Waals surface area contributed by atoms with Crippen molar-refractivity contribution >= 4 is 40.0 Å². The van der Waals surface area contributed by atoms with E-state index in [1.54, 1.807) is 67.2 Å². The van der Waals surface area contributed by atoms with E-state index < -0.39 is 4.92 Å². The molecule has 1 aromatic heterocycles. The number of imidazole rings is 1. The predicted molar refractivity (Wildman–Crippen MR) is 124 cm³/mol. The number of benzene rings is 3. The van der Waals surface area contributed by atoms with Crippen LogP contribution in [-0.2, 0) is 18.9 Å². The van der Waals surface area contributed by atoms with Gasteiger partial charge in [-0.1, -0.05) is 42.5 Å². The van der Waals surface area contributed by atoms with Crippen LogP contribution in [0.15, 0.2) is 77.6 Å². The summed E-state index contributed by atoms with van der Waals surface area (Å²) in [6.07, 6.45) is 1.62. The summed E-state index contributed by atoms with van der Waals surface area (Å²) in [5.74, 6) is -0.372. The number of rotatable bonds is 5. The molecule has 1 heterocycles. The van der Waals surface area contributed by atoms with Crippen LogP contribution in [0.5, 0.6) is 0 Å². The lowest BCUT2D eigenvalue weighted by atomic mass is 10.0. The van der Waals surface area contributed by atoms with Gasteiger partial charge in [0.15, 0.2) is 0 Å². The highest BCUT2D eigenvalue weighted by atomic mass is 16.6. The molecule has 0 saturated carbocycles. The Bertz CT molecular complexity index is 1430. The van der Waals surface area contributed by atoms with Crippen LogP contribution in [-0.4, -0.2) is 20.0 Å². The molecule has 0 saturated heterocycles. The Morgan fingerprint density at radius 2 is 1.66 bits per heavy atom. The van der Waals surface area contributed by atoms with Crippen LogP contribution in [0.4, 0.5) is 11.4 Å². The second kappa shape index (κ2) is 8.35. The molecule has 8 nitrogen and oxygen atoms in total. The van der Waals surface area contributed by atoms with Crippen LogP contribution >= 0.6 is 0 Å². The molecule has 1 amide bonds. The number of aromatic nitrogens is 2. The van der Waals surface area contributed by atoms with Crippen LogP contribution in [0.1, 0.15) is 11.1 Å². The van der Waals surface area contributed by atoms with Crippen LogP contribution in [0.25, 0.3) is 22.7 Å². The normalized spacial score (nSPS) is 11.5.